The third-order valence-electron chi connectivity index (χ3n) is 3.89. The van der Waals surface area contributed by atoms with Gasteiger partial charge in [0.05, 0.1) is 0 Å². The zero-order chi connectivity index (χ0) is 16.2. The fourth-order valence-corrected chi connectivity index (χ4v) is 2.62. The molecule has 1 heterocycles. The van der Waals surface area contributed by atoms with Crippen LogP contribution in [0.1, 0.15) is 16.7 Å². The van der Waals surface area contributed by atoms with E-state index in [1.165, 1.54) is 5.56 Å². The van der Waals surface area contributed by atoms with Crippen LogP contribution in [0.15, 0.2) is 54.7 Å². The van der Waals surface area contributed by atoms with E-state index < -0.39 is 6.04 Å². The lowest BCUT2D eigenvalue weighted by Crippen LogP contribution is -2.34. The highest BCUT2D eigenvalue weighted by molar-refractivity contribution is 5.85. The Morgan fingerprint density at radius 1 is 1.22 bits per heavy atom. The zero-order valence-corrected chi connectivity index (χ0v) is 13.1. The summed E-state index contributed by atoms with van der Waals surface area (Å²) in [5.74, 6) is -0.379. The first-order chi connectivity index (χ1) is 11.1. The molecule has 0 aliphatic rings. The molecule has 0 aliphatic heterocycles. The normalized spacial score (nSPS) is 12.3. The fraction of sp³-hybridized carbons (Fsp3) is 0.211. The molecule has 2 aromatic carbocycles. The van der Waals surface area contributed by atoms with Crippen LogP contribution in [0.25, 0.3) is 10.9 Å². The van der Waals surface area contributed by atoms with E-state index in [1.807, 2.05) is 49.5 Å². The molecular formula is C19H20N2O2. The SMILES string of the molecule is Cc1ccc2[nH]cc(C[C@H](N)C(=O)OCc3ccccc3)c2c1. The highest BCUT2D eigenvalue weighted by Crippen LogP contribution is 2.21. The summed E-state index contributed by atoms with van der Waals surface area (Å²) in [4.78, 5) is 15.3. The molecule has 3 rings (SSSR count). The van der Waals surface area contributed by atoms with Gasteiger partial charge in [-0.25, -0.2) is 0 Å². The molecule has 0 saturated heterocycles. The van der Waals surface area contributed by atoms with Crippen molar-refractivity contribution >= 4 is 16.9 Å². The molecule has 1 aromatic heterocycles. The molecule has 0 spiro atoms. The molecule has 0 radical (unpaired) electrons. The zero-order valence-electron chi connectivity index (χ0n) is 13.1. The molecule has 23 heavy (non-hydrogen) atoms. The molecule has 118 valence electrons. The van der Waals surface area contributed by atoms with Gasteiger partial charge in [0.1, 0.15) is 12.6 Å². The standard InChI is InChI=1S/C19H20N2O2/c1-13-7-8-18-16(9-13)15(11-21-18)10-17(20)19(22)23-12-14-5-3-2-4-6-14/h2-9,11,17,21H,10,12,20H2,1H3/t17-/m0/s1. The number of carbonyl (C=O) groups is 1. The summed E-state index contributed by atoms with van der Waals surface area (Å²) in [6.45, 7) is 2.30. The minimum absolute atomic E-state index is 0.250. The van der Waals surface area contributed by atoms with E-state index in [2.05, 4.69) is 17.1 Å². The minimum Gasteiger partial charge on any atom is -0.460 e. The second kappa shape index (κ2) is 6.67. The van der Waals surface area contributed by atoms with Crippen molar-refractivity contribution in [3.8, 4) is 0 Å². The van der Waals surface area contributed by atoms with Crippen molar-refractivity contribution in [2.24, 2.45) is 5.73 Å². The summed E-state index contributed by atoms with van der Waals surface area (Å²) in [5, 5.41) is 1.11. The first kappa shape index (κ1) is 15.3. The molecule has 4 heteroatoms. The maximum atomic E-state index is 12.1. The number of esters is 1. The number of aromatic amines is 1. The Hall–Kier alpha value is -2.59. The monoisotopic (exact) mass is 308 g/mol. The van der Waals surface area contributed by atoms with E-state index in [9.17, 15) is 4.79 Å². The Morgan fingerprint density at radius 3 is 2.78 bits per heavy atom. The van der Waals surface area contributed by atoms with E-state index in [1.54, 1.807) is 0 Å². The molecule has 0 amide bonds. The number of hydrogen-bond acceptors (Lipinski definition) is 3. The number of aromatic nitrogens is 1. The molecule has 3 aromatic rings. The van der Waals surface area contributed by atoms with E-state index >= 15 is 0 Å². The Bertz CT molecular complexity index is 809. The summed E-state index contributed by atoms with van der Waals surface area (Å²) >= 11 is 0. The Labute approximate surface area is 135 Å². The van der Waals surface area contributed by atoms with Crippen molar-refractivity contribution in [2.75, 3.05) is 0 Å². The van der Waals surface area contributed by atoms with Gasteiger partial charge in [-0.15, -0.1) is 0 Å². The van der Waals surface area contributed by atoms with Gasteiger partial charge < -0.3 is 15.5 Å². The van der Waals surface area contributed by atoms with Crippen molar-refractivity contribution in [1.29, 1.82) is 0 Å². The van der Waals surface area contributed by atoms with Crippen LogP contribution in [0.4, 0.5) is 0 Å². The molecule has 0 unspecified atom stereocenters. The minimum atomic E-state index is -0.668. The summed E-state index contributed by atoms with van der Waals surface area (Å²) < 4.78 is 5.30. The predicted molar refractivity (Wildman–Crippen MR) is 91.0 cm³/mol. The van der Waals surface area contributed by atoms with Crippen molar-refractivity contribution in [1.82, 2.24) is 4.98 Å². The van der Waals surface area contributed by atoms with Crippen LogP contribution in [0.5, 0.6) is 0 Å². The van der Waals surface area contributed by atoms with Crippen molar-refractivity contribution in [3.05, 3.63) is 71.4 Å². The third-order valence-corrected chi connectivity index (χ3v) is 3.89. The molecule has 0 fully saturated rings. The van der Waals surface area contributed by atoms with Crippen LogP contribution >= 0.6 is 0 Å². The fourth-order valence-electron chi connectivity index (χ4n) is 2.62. The highest BCUT2D eigenvalue weighted by atomic mass is 16.5. The van der Waals surface area contributed by atoms with Crippen molar-refractivity contribution in [3.63, 3.8) is 0 Å². The number of H-pyrrole nitrogens is 1. The average Bonchev–Trinajstić information content (AvgIpc) is 2.95. The van der Waals surface area contributed by atoms with Gasteiger partial charge in [-0.2, -0.15) is 0 Å². The third kappa shape index (κ3) is 3.60. The van der Waals surface area contributed by atoms with Crippen LogP contribution in [-0.2, 0) is 22.6 Å². The van der Waals surface area contributed by atoms with E-state index in [-0.39, 0.29) is 12.6 Å². The molecule has 0 saturated carbocycles. The number of hydrogen-bond donors (Lipinski definition) is 2. The topological polar surface area (TPSA) is 68.1 Å². The number of ether oxygens (including phenoxy) is 1. The average molecular weight is 308 g/mol. The van der Waals surface area contributed by atoms with Crippen LogP contribution in [-0.4, -0.2) is 17.0 Å². The van der Waals surface area contributed by atoms with E-state index in [0.29, 0.717) is 6.42 Å². The second-order valence-corrected chi connectivity index (χ2v) is 5.77. The highest BCUT2D eigenvalue weighted by Gasteiger charge is 2.17. The summed E-state index contributed by atoms with van der Waals surface area (Å²) in [6, 6.07) is 15.1. The Kier molecular flexibility index (Phi) is 4.44. The number of rotatable bonds is 5. The van der Waals surface area contributed by atoms with Crippen LogP contribution < -0.4 is 5.73 Å². The number of nitrogens with one attached hydrogen (secondary N) is 1. The molecule has 0 bridgehead atoms. The maximum absolute atomic E-state index is 12.1. The summed E-state index contributed by atoms with van der Waals surface area (Å²) in [6.07, 6.45) is 2.37. The second-order valence-electron chi connectivity index (χ2n) is 5.77. The predicted octanol–water partition coefficient (Wildman–Crippen LogP) is 3.09. The molecule has 3 N–H and O–H groups in total. The van der Waals surface area contributed by atoms with Gasteiger partial charge in [0.25, 0.3) is 0 Å². The molecular weight excluding hydrogens is 288 g/mol. The molecule has 0 aliphatic carbocycles. The quantitative estimate of drug-likeness (QED) is 0.712. The van der Waals surface area contributed by atoms with Gasteiger partial charge in [-0.05, 0) is 30.2 Å². The number of fused-ring (bicyclic) bond motifs is 1. The van der Waals surface area contributed by atoms with Gasteiger partial charge in [-0.1, -0.05) is 42.0 Å². The Balaban J connectivity index is 1.64. The van der Waals surface area contributed by atoms with Gasteiger partial charge in [-0.3, -0.25) is 4.79 Å². The van der Waals surface area contributed by atoms with Gasteiger partial charge >= 0.3 is 5.97 Å². The first-order valence-electron chi connectivity index (χ1n) is 7.66. The van der Waals surface area contributed by atoms with Gasteiger partial charge in [0.15, 0.2) is 0 Å². The number of nitrogens with two attached hydrogens (primary N) is 1. The summed E-state index contributed by atoms with van der Waals surface area (Å²) in [7, 11) is 0. The lowest BCUT2D eigenvalue weighted by molar-refractivity contribution is -0.146. The number of carbonyl (C=O) groups excluding carboxylic acids is 1. The van der Waals surface area contributed by atoms with Crippen LogP contribution in [0.3, 0.4) is 0 Å². The Morgan fingerprint density at radius 2 is 2.00 bits per heavy atom. The lowest BCUT2D eigenvalue weighted by Gasteiger charge is -2.11. The maximum Gasteiger partial charge on any atom is 0.323 e. The largest absolute Gasteiger partial charge is 0.460 e. The smallest absolute Gasteiger partial charge is 0.323 e. The van der Waals surface area contributed by atoms with E-state index in [4.69, 9.17) is 10.5 Å². The number of aryl methyl sites for hydroxylation is 1. The van der Waals surface area contributed by atoms with Gasteiger partial charge in [0, 0.05) is 23.5 Å². The molecule has 1 atom stereocenters. The number of benzene rings is 2. The molecule has 4 nitrogen and oxygen atoms in total. The van der Waals surface area contributed by atoms with Crippen LogP contribution in [0.2, 0.25) is 0 Å². The van der Waals surface area contributed by atoms with E-state index in [0.717, 1.165) is 22.0 Å². The van der Waals surface area contributed by atoms with Crippen molar-refractivity contribution in [2.45, 2.75) is 26.0 Å². The first-order valence-corrected chi connectivity index (χ1v) is 7.66. The lowest BCUT2D eigenvalue weighted by atomic mass is 10.0. The van der Waals surface area contributed by atoms with Gasteiger partial charge in [0.2, 0.25) is 0 Å². The summed E-state index contributed by atoms with van der Waals surface area (Å²) in [5.41, 5.74) is 10.2. The van der Waals surface area contributed by atoms with Crippen molar-refractivity contribution < 1.29 is 9.53 Å². The van der Waals surface area contributed by atoms with Crippen LogP contribution in [0, 0.1) is 6.92 Å².